The van der Waals surface area contributed by atoms with Gasteiger partial charge in [0.15, 0.2) is 16.4 Å². The summed E-state index contributed by atoms with van der Waals surface area (Å²) in [5, 5.41) is 5.56. The van der Waals surface area contributed by atoms with Gasteiger partial charge in [0.25, 0.3) is 0 Å². The van der Waals surface area contributed by atoms with Gasteiger partial charge >= 0.3 is 0 Å². The summed E-state index contributed by atoms with van der Waals surface area (Å²) in [7, 11) is -0.250. The Morgan fingerprint density at radius 2 is 1.92 bits per heavy atom. The Hall–Kier alpha value is -1.48. The number of aryl methyl sites for hydroxylation is 1. The average Bonchev–Trinajstić information content (AvgIpc) is 2.93. The van der Waals surface area contributed by atoms with Crippen LogP contribution in [0.25, 0.3) is 5.65 Å². The molecular formula is C16H16Cl2N4O2S2. The number of nitrogens with zero attached hydrogens (tertiary/aromatic N) is 4. The lowest BCUT2D eigenvalue weighted by molar-refractivity contribution is 0.594. The molecule has 0 fully saturated rings. The Kier molecular flexibility index (Phi) is 5.13. The van der Waals surface area contributed by atoms with Crippen molar-refractivity contribution in [2.24, 2.45) is 0 Å². The maximum absolute atomic E-state index is 13.3. The number of hydrogen-bond donors (Lipinski definition) is 0. The number of thioether (sulfide) groups is 1. The molecule has 0 N–H and O–H groups in total. The largest absolute Gasteiger partial charge is 0.361 e. The summed E-state index contributed by atoms with van der Waals surface area (Å²) in [5.41, 5.74) is 0.762. The lowest BCUT2D eigenvalue weighted by atomic mass is 10.4. The van der Waals surface area contributed by atoms with Gasteiger partial charge in [-0.2, -0.15) is 9.61 Å². The summed E-state index contributed by atoms with van der Waals surface area (Å²) < 4.78 is 28.1. The molecule has 6 nitrogen and oxygen atoms in total. The van der Waals surface area contributed by atoms with Gasteiger partial charge in [-0.05, 0) is 31.4 Å². The summed E-state index contributed by atoms with van der Waals surface area (Å²) in [4.78, 5) is 6.34. The van der Waals surface area contributed by atoms with E-state index >= 15 is 0 Å². The highest BCUT2D eigenvalue weighted by atomic mass is 35.5. The lowest BCUT2D eigenvalue weighted by Gasteiger charge is -2.16. The second kappa shape index (κ2) is 6.92. The summed E-state index contributed by atoms with van der Waals surface area (Å²) >= 11 is 13.6. The van der Waals surface area contributed by atoms with Gasteiger partial charge in [0.1, 0.15) is 10.0 Å². The van der Waals surface area contributed by atoms with Gasteiger partial charge in [-0.15, -0.1) is 11.8 Å². The summed E-state index contributed by atoms with van der Waals surface area (Å²) in [6.07, 6.45) is 1.77. The average molecular weight is 431 g/mol. The van der Waals surface area contributed by atoms with Crippen LogP contribution in [0.4, 0.5) is 5.82 Å². The van der Waals surface area contributed by atoms with Crippen LogP contribution in [0.5, 0.6) is 0 Å². The van der Waals surface area contributed by atoms with Crippen LogP contribution in [0.3, 0.4) is 0 Å². The number of aromatic nitrogens is 3. The fraction of sp³-hybridized carbons (Fsp3) is 0.250. The fourth-order valence-electron chi connectivity index (χ4n) is 2.59. The van der Waals surface area contributed by atoms with Crippen LogP contribution in [-0.4, -0.2) is 43.4 Å². The van der Waals surface area contributed by atoms with Crippen LogP contribution < -0.4 is 4.90 Å². The Morgan fingerprint density at radius 3 is 2.50 bits per heavy atom. The molecule has 0 bridgehead atoms. The molecule has 0 unspecified atom stereocenters. The topological polar surface area (TPSA) is 67.6 Å². The Balaban J connectivity index is 2.43. The van der Waals surface area contributed by atoms with Gasteiger partial charge in [0.2, 0.25) is 9.84 Å². The molecule has 3 aromatic rings. The number of sulfone groups is 1. The third-order valence-electron chi connectivity index (χ3n) is 3.77. The molecule has 0 aliphatic carbocycles. The number of fused-ring (bicyclic) bond motifs is 1. The molecule has 2 aromatic heterocycles. The molecule has 0 aliphatic heterocycles. The predicted octanol–water partition coefficient (Wildman–Crippen LogP) is 3.97. The van der Waals surface area contributed by atoms with E-state index in [9.17, 15) is 8.42 Å². The minimum absolute atomic E-state index is 0.0510. The van der Waals surface area contributed by atoms with Gasteiger partial charge < -0.3 is 4.90 Å². The van der Waals surface area contributed by atoms with Crippen molar-refractivity contribution in [1.29, 1.82) is 0 Å². The minimum atomic E-state index is -3.87. The third kappa shape index (κ3) is 3.05. The first-order valence-electron chi connectivity index (χ1n) is 7.49. The zero-order valence-corrected chi connectivity index (χ0v) is 17.6. The van der Waals surface area contributed by atoms with Gasteiger partial charge in [0, 0.05) is 19.1 Å². The first-order chi connectivity index (χ1) is 12.2. The van der Waals surface area contributed by atoms with E-state index in [1.165, 1.54) is 28.4 Å². The molecular weight excluding hydrogens is 415 g/mol. The maximum atomic E-state index is 13.3. The monoisotopic (exact) mass is 430 g/mol. The Morgan fingerprint density at radius 1 is 1.23 bits per heavy atom. The summed E-state index contributed by atoms with van der Waals surface area (Å²) in [6.45, 7) is 1.73. The van der Waals surface area contributed by atoms with Gasteiger partial charge in [-0.25, -0.2) is 13.4 Å². The van der Waals surface area contributed by atoms with E-state index in [0.717, 1.165) is 0 Å². The first kappa shape index (κ1) is 19.3. The molecule has 0 saturated carbocycles. The normalized spacial score (nSPS) is 11.9. The second-order valence-electron chi connectivity index (χ2n) is 5.76. The van der Waals surface area contributed by atoms with Crippen LogP contribution in [0.1, 0.15) is 5.69 Å². The zero-order valence-electron chi connectivity index (χ0n) is 14.5. The highest BCUT2D eigenvalue weighted by molar-refractivity contribution is 7.99. The molecule has 3 rings (SSSR count). The minimum Gasteiger partial charge on any atom is -0.361 e. The molecule has 1 aromatic carbocycles. The number of halogens is 2. The van der Waals surface area contributed by atoms with Crippen molar-refractivity contribution in [3.8, 4) is 0 Å². The van der Waals surface area contributed by atoms with Crippen molar-refractivity contribution in [1.82, 2.24) is 14.6 Å². The number of benzene rings is 1. The van der Waals surface area contributed by atoms with E-state index in [4.69, 9.17) is 23.2 Å². The van der Waals surface area contributed by atoms with E-state index in [1.54, 1.807) is 30.2 Å². The quantitative estimate of drug-likeness (QED) is 0.583. The molecule has 138 valence electrons. The van der Waals surface area contributed by atoms with Crippen molar-refractivity contribution in [3.63, 3.8) is 0 Å². The van der Waals surface area contributed by atoms with Crippen LogP contribution in [0.15, 0.2) is 39.1 Å². The highest BCUT2D eigenvalue weighted by Crippen LogP contribution is 2.36. The molecule has 0 saturated heterocycles. The lowest BCUT2D eigenvalue weighted by Crippen LogP contribution is -2.16. The van der Waals surface area contributed by atoms with Crippen molar-refractivity contribution < 1.29 is 8.42 Å². The van der Waals surface area contributed by atoms with E-state index in [2.05, 4.69) is 10.1 Å². The van der Waals surface area contributed by atoms with Crippen LogP contribution in [0.2, 0.25) is 10.0 Å². The standard InChI is InChI=1S/C16H16Cl2N4O2S2/c1-9-12(18)16(21(2)3)22-14(19-9)13(15(20-22)25-4)26(23,24)11-7-5-6-10(17)8-11/h5-8H,1-4H3. The number of rotatable bonds is 4. The molecule has 0 spiro atoms. The number of anilines is 1. The smallest absolute Gasteiger partial charge is 0.213 e. The molecule has 0 amide bonds. The van der Waals surface area contributed by atoms with Gasteiger partial charge in [0.05, 0.1) is 10.6 Å². The molecule has 0 aliphatic rings. The van der Waals surface area contributed by atoms with E-state index < -0.39 is 9.84 Å². The zero-order chi connectivity index (χ0) is 19.2. The predicted molar refractivity (Wildman–Crippen MR) is 106 cm³/mol. The summed E-state index contributed by atoms with van der Waals surface area (Å²) in [5.74, 6) is 0.567. The van der Waals surface area contributed by atoms with Crippen molar-refractivity contribution in [2.75, 3.05) is 25.3 Å². The van der Waals surface area contributed by atoms with Crippen molar-refractivity contribution >= 4 is 56.3 Å². The first-order valence-corrected chi connectivity index (χ1v) is 11.0. The van der Waals surface area contributed by atoms with E-state index in [0.29, 0.717) is 26.6 Å². The maximum Gasteiger partial charge on any atom is 0.213 e. The SMILES string of the molecule is CSc1nn2c(N(C)C)c(Cl)c(C)nc2c1S(=O)(=O)c1cccc(Cl)c1. The van der Waals surface area contributed by atoms with Gasteiger partial charge in [-0.3, -0.25) is 0 Å². The summed E-state index contributed by atoms with van der Waals surface area (Å²) in [6, 6.07) is 6.14. The second-order valence-corrected chi connectivity index (χ2v) is 9.26. The number of hydrogen-bond acceptors (Lipinski definition) is 6. The van der Waals surface area contributed by atoms with E-state index in [-0.39, 0.29) is 15.4 Å². The third-order valence-corrected chi connectivity index (χ3v) is 7.04. The van der Waals surface area contributed by atoms with Gasteiger partial charge in [-0.1, -0.05) is 29.3 Å². The van der Waals surface area contributed by atoms with Crippen molar-refractivity contribution in [3.05, 3.63) is 40.0 Å². The fourth-order valence-corrected chi connectivity index (χ4v) is 5.57. The molecule has 0 atom stereocenters. The Bertz CT molecular complexity index is 1110. The Labute approximate surface area is 166 Å². The molecule has 0 radical (unpaired) electrons. The van der Waals surface area contributed by atoms with Crippen LogP contribution in [-0.2, 0) is 9.84 Å². The van der Waals surface area contributed by atoms with E-state index in [1.807, 2.05) is 14.1 Å². The molecule has 2 heterocycles. The molecule has 26 heavy (non-hydrogen) atoms. The highest BCUT2D eigenvalue weighted by Gasteiger charge is 2.30. The van der Waals surface area contributed by atoms with Crippen LogP contribution >= 0.6 is 35.0 Å². The van der Waals surface area contributed by atoms with Crippen molar-refractivity contribution in [2.45, 2.75) is 21.7 Å². The molecule has 10 heteroatoms. The van der Waals surface area contributed by atoms with Crippen LogP contribution in [0, 0.1) is 6.92 Å².